The molecule has 21 heavy (non-hydrogen) atoms. The number of nitrogens with two attached hydrogens (primary N) is 1. The van der Waals surface area contributed by atoms with Crippen molar-refractivity contribution in [1.29, 1.82) is 0 Å². The molecule has 1 aromatic carbocycles. The Balaban J connectivity index is 3.10. The normalized spacial score (nSPS) is 13.6. The van der Waals surface area contributed by atoms with Crippen molar-refractivity contribution in [2.75, 3.05) is 18.9 Å². The summed E-state index contributed by atoms with van der Waals surface area (Å²) in [6.07, 6.45) is 0. The fourth-order valence-corrected chi connectivity index (χ4v) is 4.31. The predicted molar refractivity (Wildman–Crippen MR) is 89.0 cm³/mol. The van der Waals surface area contributed by atoms with E-state index in [0.717, 1.165) is 0 Å². The van der Waals surface area contributed by atoms with Crippen LogP contribution >= 0.6 is 27.5 Å². The molecule has 1 atom stereocenters. The lowest BCUT2D eigenvalue weighted by Crippen LogP contribution is -2.42. The van der Waals surface area contributed by atoms with Gasteiger partial charge in [0, 0.05) is 23.4 Å². The molecule has 1 unspecified atom stereocenters. The number of hydrogen-bond acceptors (Lipinski definition) is 4. The summed E-state index contributed by atoms with van der Waals surface area (Å²) in [7, 11) is -3.75. The second-order valence-electron chi connectivity index (χ2n) is 4.94. The molecule has 8 heteroatoms. The summed E-state index contributed by atoms with van der Waals surface area (Å²) >= 11 is 9.09. The zero-order valence-electron chi connectivity index (χ0n) is 12.2. The molecule has 0 aliphatic carbocycles. The van der Waals surface area contributed by atoms with Gasteiger partial charge in [-0.1, -0.05) is 25.4 Å². The monoisotopic (exact) mass is 398 g/mol. The smallest absolute Gasteiger partial charge is 0.242 e. The van der Waals surface area contributed by atoms with Crippen molar-refractivity contribution in [2.24, 2.45) is 5.92 Å². The van der Waals surface area contributed by atoms with Gasteiger partial charge in [0.15, 0.2) is 0 Å². The molecule has 0 heterocycles. The van der Waals surface area contributed by atoms with Gasteiger partial charge in [-0.3, -0.25) is 0 Å². The molecule has 0 radical (unpaired) electrons. The van der Waals surface area contributed by atoms with Crippen molar-refractivity contribution in [3.63, 3.8) is 0 Å². The minimum atomic E-state index is -3.75. The molecular weight excluding hydrogens is 380 g/mol. The maximum atomic E-state index is 12.5. The van der Waals surface area contributed by atoms with Crippen LogP contribution in [0.15, 0.2) is 21.5 Å². The van der Waals surface area contributed by atoms with Crippen LogP contribution in [-0.2, 0) is 14.8 Å². The van der Waals surface area contributed by atoms with Gasteiger partial charge in [0.2, 0.25) is 10.0 Å². The number of halogens is 2. The van der Waals surface area contributed by atoms with E-state index >= 15 is 0 Å². The van der Waals surface area contributed by atoms with Gasteiger partial charge in [-0.2, -0.15) is 0 Å². The van der Waals surface area contributed by atoms with Gasteiger partial charge < -0.3 is 10.5 Å². The third-order valence-electron chi connectivity index (χ3n) is 2.93. The summed E-state index contributed by atoms with van der Waals surface area (Å²) in [6.45, 7) is 6.54. The van der Waals surface area contributed by atoms with Crippen molar-refractivity contribution in [2.45, 2.75) is 31.7 Å². The second-order valence-corrected chi connectivity index (χ2v) is 7.85. The highest BCUT2D eigenvalue weighted by molar-refractivity contribution is 9.10. The molecular formula is C13H20BrClN2O3S. The maximum Gasteiger partial charge on any atom is 0.242 e. The highest BCUT2D eigenvalue weighted by atomic mass is 79.9. The van der Waals surface area contributed by atoms with Crippen molar-refractivity contribution in [3.8, 4) is 0 Å². The first-order chi connectivity index (χ1) is 9.69. The largest absolute Gasteiger partial charge is 0.398 e. The topological polar surface area (TPSA) is 81.4 Å². The van der Waals surface area contributed by atoms with Gasteiger partial charge in [0.1, 0.15) is 0 Å². The average Bonchev–Trinajstić information content (AvgIpc) is 2.38. The first-order valence-electron chi connectivity index (χ1n) is 6.53. The summed E-state index contributed by atoms with van der Waals surface area (Å²) in [5, 5.41) is 0.266. The number of nitrogens with one attached hydrogen (secondary N) is 1. The molecule has 0 aliphatic heterocycles. The Morgan fingerprint density at radius 2 is 2.05 bits per heavy atom. The van der Waals surface area contributed by atoms with E-state index in [1.165, 1.54) is 12.1 Å². The predicted octanol–water partition coefficient (Wildman–Crippen LogP) is 3.02. The van der Waals surface area contributed by atoms with E-state index in [1.54, 1.807) is 0 Å². The first-order valence-corrected chi connectivity index (χ1v) is 9.19. The van der Waals surface area contributed by atoms with Gasteiger partial charge >= 0.3 is 0 Å². The van der Waals surface area contributed by atoms with E-state index in [-0.39, 0.29) is 27.6 Å². The third-order valence-corrected chi connectivity index (χ3v) is 5.81. The zero-order chi connectivity index (χ0) is 16.2. The van der Waals surface area contributed by atoms with Crippen LogP contribution < -0.4 is 10.5 Å². The highest BCUT2D eigenvalue weighted by Crippen LogP contribution is 2.31. The van der Waals surface area contributed by atoms with Crippen LogP contribution in [-0.4, -0.2) is 27.7 Å². The lowest BCUT2D eigenvalue weighted by Gasteiger charge is -2.22. The molecule has 0 saturated heterocycles. The number of benzene rings is 1. The maximum absolute atomic E-state index is 12.5. The molecule has 0 saturated carbocycles. The Labute approximate surface area is 139 Å². The Bertz CT molecular complexity index is 593. The number of hydrogen-bond donors (Lipinski definition) is 2. The lowest BCUT2D eigenvalue weighted by atomic mass is 10.1. The Kier molecular flexibility index (Phi) is 6.93. The minimum absolute atomic E-state index is 0.0228. The number of ether oxygens (including phenoxy) is 1. The van der Waals surface area contributed by atoms with Crippen molar-refractivity contribution >= 4 is 43.2 Å². The lowest BCUT2D eigenvalue weighted by molar-refractivity contribution is 0.116. The number of rotatable bonds is 7. The van der Waals surface area contributed by atoms with Crippen LogP contribution in [0, 0.1) is 5.92 Å². The SMILES string of the molecule is CCOCC(NS(=O)(=O)c1cc(Cl)cc(N)c1Br)C(C)C. The molecule has 5 nitrogen and oxygen atoms in total. The Morgan fingerprint density at radius 3 is 2.57 bits per heavy atom. The van der Waals surface area contributed by atoms with E-state index < -0.39 is 10.0 Å². The van der Waals surface area contributed by atoms with Crippen molar-refractivity contribution in [3.05, 3.63) is 21.6 Å². The number of sulfonamides is 1. The van der Waals surface area contributed by atoms with Crippen LogP contribution in [0.25, 0.3) is 0 Å². The summed E-state index contributed by atoms with van der Waals surface area (Å²) in [5.41, 5.74) is 6.01. The minimum Gasteiger partial charge on any atom is -0.398 e. The fraction of sp³-hybridized carbons (Fsp3) is 0.538. The molecule has 120 valence electrons. The summed E-state index contributed by atoms with van der Waals surface area (Å²) < 4.78 is 33.3. The van der Waals surface area contributed by atoms with Crippen molar-refractivity contribution < 1.29 is 13.2 Å². The zero-order valence-corrected chi connectivity index (χ0v) is 15.3. The van der Waals surface area contributed by atoms with E-state index in [2.05, 4.69) is 20.7 Å². The molecule has 3 N–H and O–H groups in total. The van der Waals surface area contributed by atoms with Crippen LogP contribution in [0.2, 0.25) is 5.02 Å². The van der Waals surface area contributed by atoms with Gasteiger partial charge in [-0.25, -0.2) is 13.1 Å². The average molecular weight is 400 g/mol. The van der Waals surface area contributed by atoms with Crippen LogP contribution in [0.3, 0.4) is 0 Å². The molecule has 0 aliphatic rings. The Morgan fingerprint density at radius 1 is 1.43 bits per heavy atom. The van der Waals surface area contributed by atoms with E-state index in [4.69, 9.17) is 22.1 Å². The summed E-state index contributed by atoms with van der Waals surface area (Å²) in [5.74, 6) is 0.0848. The van der Waals surface area contributed by atoms with Crippen molar-refractivity contribution in [1.82, 2.24) is 4.72 Å². The Hall–Kier alpha value is -0.340. The molecule has 0 aromatic heterocycles. The molecule has 0 amide bonds. The molecule has 1 aromatic rings. The van der Waals surface area contributed by atoms with E-state index in [1.807, 2.05) is 20.8 Å². The van der Waals surface area contributed by atoms with Gasteiger partial charge in [-0.05, 0) is 40.9 Å². The van der Waals surface area contributed by atoms with Gasteiger partial charge in [0.25, 0.3) is 0 Å². The van der Waals surface area contributed by atoms with Crippen LogP contribution in [0.4, 0.5) is 5.69 Å². The van der Waals surface area contributed by atoms with Gasteiger partial charge in [-0.15, -0.1) is 0 Å². The van der Waals surface area contributed by atoms with Gasteiger partial charge in [0.05, 0.1) is 16.0 Å². The quantitative estimate of drug-likeness (QED) is 0.691. The molecule has 0 spiro atoms. The number of nitrogen functional groups attached to an aromatic ring is 1. The number of anilines is 1. The summed E-state index contributed by atoms with van der Waals surface area (Å²) in [4.78, 5) is 0.0228. The molecule has 1 rings (SSSR count). The standard InChI is InChI=1S/C13H20BrClN2O3S/c1-4-20-7-11(8(2)3)17-21(18,19)12-6-9(15)5-10(16)13(12)14/h5-6,8,11,17H,4,7,16H2,1-3H3. The van der Waals surface area contributed by atoms with Crippen LogP contribution in [0.5, 0.6) is 0 Å². The van der Waals surface area contributed by atoms with E-state index in [9.17, 15) is 8.42 Å². The molecule has 0 fully saturated rings. The second kappa shape index (κ2) is 7.78. The third kappa shape index (κ3) is 5.10. The fourth-order valence-electron chi connectivity index (χ4n) is 1.65. The molecule has 0 bridgehead atoms. The van der Waals surface area contributed by atoms with E-state index in [0.29, 0.717) is 17.7 Å². The summed E-state index contributed by atoms with van der Waals surface area (Å²) in [6, 6.07) is 2.52. The van der Waals surface area contributed by atoms with Crippen LogP contribution in [0.1, 0.15) is 20.8 Å². The first kappa shape index (κ1) is 18.7. The highest BCUT2D eigenvalue weighted by Gasteiger charge is 2.25.